The topological polar surface area (TPSA) is 68.5 Å². The first-order chi connectivity index (χ1) is 8.73. The normalized spacial score (nSPS) is 11.2. The van der Waals surface area contributed by atoms with Crippen molar-refractivity contribution in [1.82, 2.24) is 5.32 Å². The van der Waals surface area contributed by atoms with E-state index in [-0.39, 0.29) is 17.9 Å². The minimum absolute atomic E-state index is 0.0406. The van der Waals surface area contributed by atoms with E-state index in [0.29, 0.717) is 23.5 Å². The van der Waals surface area contributed by atoms with Crippen LogP contribution in [0.2, 0.25) is 0 Å². The van der Waals surface area contributed by atoms with Crippen molar-refractivity contribution in [2.24, 2.45) is 5.41 Å². The Labute approximate surface area is 113 Å². The monoisotopic (exact) mass is 267 g/mol. The van der Waals surface area contributed by atoms with Gasteiger partial charge in [0, 0.05) is 6.42 Å². The van der Waals surface area contributed by atoms with Gasteiger partial charge in [0.2, 0.25) is 5.91 Å². The number of hydrogen-bond acceptors (Lipinski definition) is 4. The summed E-state index contributed by atoms with van der Waals surface area (Å²) in [6.07, 6.45) is 0.441. The quantitative estimate of drug-likeness (QED) is 0.851. The average Bonchev–Trinajstić information content (AvgIpc) is 2.65. The first-order valence-corrected chi connectivity index (χ1v) is 6.17. The highest BCUT2D eigenvalue weighted by Crippen LogP contribution is 2.19. The molecule has 0 aliphatic rings. The molecule has 1 rings (SSSR count). The SMILES string of the molecule is COC(=O)c1cc(CNC(=O)CC(C)(C)C)oc1C. The Hall–Kier alpha value is -1.78. The lowest BCUT2D eigenvalue weighted by molar-refractivity contribution is -0.123. The fourth-order valence-corrected chi connectivity index (χ4v) is 1.67. The van der Waals surface area contributed by atoms with Crippen molar-refractivity contribution in [2.75, 3.05) is 7.11 Å². The Bertz CT molecular complexity index is 468. The summed E-state index contributed by atoms with van der Waals surface area (Å²) in [5.74, 6) is 0.557. The molecule has 106 valence electrons. The van der Waals surface area contributed by atoms with Gasteiger partial charge in [-0.3, -0.25) is 4.79 Å². The molecule has 5 heteroatoms. The van der Waals surface area contributed by atoms with Gasteiger partial charge in [0.1, 0.15) is 17.1 Å². The van der Waals surface area contributed by atoms with Crippen LogP contribution in [0.4, 0.5) is 0 Å². The third-order valence-corrected chi connectivity index (χ3v) is 2.52. The Balaban J connectivity index is 2.60. The van der Waals surface area contributed by atoms with Gasteiger partial charge in [0.25, 0.3) is 0 Å². The molecule has 1 aromatic rings. The summed E-state index contributed by atoms with van der Waals surface area (Å²) in [4.78, 5) is 23.1. The second-order valence-corrected chi connectivity index (χ2v) is 5.69. The van der Waals surface area contributed by atoms with Crippen LogP contribution in [-0.2, 0) is 16.1 Å². The molecule has 1 amide bonds. The Morgan fingerprint density at radius 3 is 2.53 bits per heavy atom. The lowest BCUT2D eigenvalue weighted by Crippen LogP contribution is -2.26. The van der Waals surface area contributed by atoms with Crippen molar-refractivity contribution >= 4 is 11.9 Å². The number of aryl methyl sites for hydroxylation is 1. The van der Waals surface area contributed by atoms with E-state index in [0.717, 1.165) is 0 Å². The lowest BCUT2D eigenvalue weighted by Gasteiger charge is -2.16. The summed E-state index contributed by atoms with van der Waals surface area (Å²) < 4.78 is 10.0. The molecule has 1 heterocycles. The van der Waals surface area contributed by atoms with Crippen molar-refractivity contribution in [2.45, 2.75) is 40.7 Å². The first-order valence-electron chi connectivity index (χ1n) is 6.17. The molecule has 0 aliphatic heterocycles. The molecule has 0 bridgehead atoms. The van der Waals surface area contributed by atoms with E-state index in [1.165, 1.54) is 7.11 Å². The van der Waals surface area contributed by atoms with Gasteiger partial charge < -0.3 is 14.5 Å². The molecule has 1 aromatic heterocycles. The largest absolute Gasteiger partial charge is 0.465 e. The van der Waals surface area contributed by atoms with E-state index in [9.17, 15) is 9.59 Å². The summed E-state index contributed by atoms with van der Waals surface area (Å²) in [7, 11) is 1.32. The molecule has 0 aliphatic carbocycles. The molecule has 19 heavy (non-hydrogen) atoms. The van der Waals surface area contributed by atoms with Gasteiger partial charge in [-0.25, -0.2) is 4.79 Å². The van der Waals surface area contributed by atoms with Gasteiger partial charge in [-0.2, -0.15) is 0 Å². The highest BCUT2D eigenvalue weighted by atomic mass is 16.5. The van der Waals surface area contributed by atoms with Crippen LogP contribution in [-0.4, -0.2) is 19.0 Å². The van der Waals surface area contributed by atoms with Gasteiger partial charge in [-0.1, -0.05) is 20.8 Å². The predicted molar refractivity (Wildman–Crippen MR) is 70.7 cm³/mol. The minimum atomic E-state index is -0.437. The summed E-state index contributed by atoms with van der Waals surface area (Å²) in [5, 5.41) is 2.77. The molecular formula is C14H21NO4. The molecule has 0 spiro atoms. The zero-order valence-corrected chi connectivity index (χ0v) is 12.1. The fraction of sp³-hybridized carbons (Fsp3) is 0.571. The highest BCUT2D eigenvalue weighted by molar-refractivity contribution is 5.90. The second-order valence-electron chi connectivity index (χ2n) is 5.69. The van der Waals surface area contributed by atoms with Crippen LogP contribution in [0.15, 0.2) is 10.5 Å². The first kappa shape index (κ1) is 15.3. The zero-order valence-electron chi connectivity index (χ0n) is 12.1. The smallest absolute Gasteiger partial charge is 0.341 e. The van der Waals surface area contributed by atoms with E-state index in [1.54, 1.807) is 13.0 Å². The van der Waals surface area contributed by atoms with Gasteiger partial charge in [0.05, 0.1) is 13.7 Å². The van der Waals surface area contributed by atoms with Crippen LogP contribution >= 0.6 is 0 Å². The summed E-state index contributed by atoms with van der Waals surface area (Å²) in [6.45, 7) is 7.95. The molecule has 0 atom stereocenters. The van der Waals surface area contributed by atoms with E-state index in [2.05, 4.69) is 10.1 Å². The number of carbonyl (C=O) groups is 2. The molecule has 5 nitrogen and oxygen atoms in total. The molecule has 0 saturated carbocycles. The van der Waals surface area contributed by atoms with Gasteiger partial charge >= 0.3 is 5.97 Å². The number of furan rings is 1. The van der Waals surface area contributed by atoms with E-state index >= 15 is 0 Å². The van der Waals surface area contributed by atoms with Crippen LogP contribution < -0.4 is 5.32 Å². The van der Waals surface area contributed by atoms with Crippen molar-refractivity contribution in [3.05, 3.63) is 23.2 Å². The maximum absolute atomic E-state index is 11.7. The van der Waals surface area contributed by atoms with Crippen LogP contribution in [0.3, 0.4) is 0 Å². The number of hydrogen-bond donors (Lipinski definition) is 1. The fourth-order valence-electron chi connectivity index (χ4n) is 1.67. The summed E-state index contributed by atoms with van der Waals surface area (Å²) in [6, 6.07) is 1.60. The highest BCUT2D eigenvalue weighted by Gasteiger charge is 2.18. The van der Waals surface area contributed by atoms with Crippen LogP contribution in [0.5, 0.6) is 0 Å². The number of methoxy groups -OCH3 is 1. The Kier molecular flexibility index (Phi) is 4.75. The van der Waals surface area contributed by atoms with E-state index in [4.69, 9.17) is 4.42 Å². The molecule has 0 unspecified atom stereocenters. The van der Waals surface area contributed by atoms with E-state index < -0.39 is 5.97 Å². The minimum Gasteiger partial charge on any atom is -0.465 e. The van der Waals surface area contributed by atoms with Crippen molar-refractivity contribution in [3.63, 3.8) is 0 Å². The number of ether oxygens (including phenoxy) is 1. The third-order valence-electron chi connectivity index (χ3n) is 2.52. The lowest BCUT2D eigenvalue weighted by atomic mass is 9.92. The summed E-state index contributed by atoms with van der Waals surface area (Å²) >= 11 is 0. The number of rotatable bonds is 4. The van der Waals surface area contributed by atoms with Gasteiger partial charge in [0.15, 0.2) is 0 Å². The maximum Gasteiger partial charge on any atom is 0.341 e. The van der Waals surface area contributed by atoms with Crippen molar-refractivity contribution in [1.29, 1.82) is 0 Å². The zero-order chi connectivity index (χ0) is 14.6. The number of esters is 1. The van der Waals surface area contributed by atoms with Crippen molar-refractivity contribution in [3.8, 4) is 0 Å². The Morgan fingerprint density at radius 2 is 2.00 bits per heavy atom. The van der Waals surface area contributed by atoms with Crippen molar-refractivity contribution < 1.29 is 18.7 Å². The molecule has 0 radical (unpaired) electrons. The molecule has 0 saturated heterocycles. The summed E-state index contributed by atoms with van der Waals surface area (Å²) in [5.41, 5.74) is 0.336. The van der Waals surface area contributed by atoms with Gasteiger partial charge in [-0.05, 0) is 18.4 Å². The Morgan fingerprint density at radius 1 is 1.37 bits per heavy atom. The average molecular weight is 267 g/mol. The molecule has 1 N–H and O–H groups in total. The van der Waals surface area contributed by atoms with Crippen LogP contribution in [0, 0.1) is 12.3 Å². The van der Waals surface area contributed by atoms with Crippen LogP contribution in [0.1, 0.15) is 49.1 Å². The van der Waals surface area contributed by atoms with Crippen LogP contribution in [0.25, 0.3) is 0 Å². The third kappa shape index (κ3) is 4.77. The number of amides is 1. The van der Waals surface area contributed by atoms with E-state index in [1.807, 2.05) is 20.8 Å². The molecule has 0 aromatic carbocycles. The number of nitrogens with one attached hydrogen (secondary N) is 1. The number of carbonyl (C=O) groups excluding carboxylic acids is 2. The molecular weight excluding hydrogens is 246 g/mol. The maximum atomic E-state index is 11.7. The van der Waals surface area contributed by atoms with Gasteiger partial charge in [-0.15, -0.1) is 0 Å². The molecule has 0 fully saturated rings. The predicted octanol–water partition coefficient (Wildman–Crippen LogP) is 2.43. The standard InChI is InChI=1S/C14H21NO4/c1-9-11(13(17)18-5)6-10(19-9)8-15-12(16)7-14(2,3)4/h6H,7-8H2,1-5H3,(H,15,16). The second kappa shape index (κ2) is 5.91.